The summed E-state index contributed by atoms with van der Waals surface area (Å²) in [6.07, 6.45) is 4.79. The second-order valence-corrected chi connectivity index (χ2v) is 4.61. The molecule has 0 amide bonds. The van der Waals surface area contributed by atoms with Crippen molar-refractivity contribution in [3.8, 4) is 0 Å². The fourth-order valence-corrected chi connectivity index (χ4v) is 2.29. The van der Waals surface area contributed by atoms with Gasteiger partial charge < -0.3 is 9.84 Å². The van der Waals surface area contributed by atoms with E-state index >= 15 is 0 Å². The summed E-state index contributed by atoms with van der Waals surface area (Å²) in [5.74, 6) is 0.725. The first-order chi connectivity index (χ1) is 7.86. The maximum absolute atomic E-state index is 9.87. The van der Waals surface area contributed by atoms with E-state index in [1.165, 1.54) is 25.7 Å². The van der Waals surface area contributed by atoms with Gasteiger partial charge in [0.25, 0.3) is 0 Å². The molecule has 2 nitrogen and oxygen atoms in total. The quantitative estimate of drug-likeness (QED) is 0.826. The second-order valence-electron chi connectivity index (χ2n) is 4.61. The van der Waals surface area contributed by atoms with E-state index in [9.17, 15) is 5.11 Å². The molecule has 1 aliphatic carbocycles. The molecule has 0 heterocycles. The van der Waals surface area contributed by atoms with Crippen LogP contribution in [0.3, 0.4) is 0 Å². The molecule has 1 aromatic carbocycles. The van der Waals surface area contributed by atoms with E-state index in [1.54, 1.807) is 0 Å². The third-order valence-electron chi connectivity index (χ3n) is 3.29. The highest BCUT2D eigenvalue weighted by molar-refractivity contribution is 5.17. The van der Waals surface area contributed by atoms with Crippen LogP contribution < -0.4 is 0 Å². The molecule has 0 saturated heterocycles. The minimum absolute atomic E-state index is 0.417. The zero-order valence-electron chi connectivity index (χ0n) is 9.64. The van der Waals surface area contributed by atoms with Crippen LogP contribution in [0.5, 0.6) is 0 Å². The highest BCUT2D eigenvalue weighted by Crippen LogP contribution is 2.25. The lowest BCUT2D eigenvalue weighted by Crippen LogP contribution is -2.12. The van der Waals surface area contributed by atoms with Gasteiger partial charge in [-0.2, -0.15) is 0 Å². The van der Waals surface area contributed by atoms with E-state index in [0.29, 0.717) is 6.61 Å². The molecule has 0 aliphatic heterocycles. The van der Waals surface area contributed by atoms with E-state index in [0.717, 1.165) is 18.1 Å². The van der Waals surface area contributed by atoms with Crippen molar-refractivity contribution < 1.29 is 9.84 Å². The average molecular weight is 220 g/mol. The van der Waals surface area contributed by atoms with Gasteiger partial charge in [0.05, 0.1) is 6.61 Å². The van der Waals surface area contributed by atoms with Crippen LogP contribution in [0.25, 0.3) is 0 Å². The summed E-state index contributed by atoms with van der Waals surface area (Å²) in [7, 11) is 0. The Morgan fingerprint density at radius 1 is 1.19 bits per heavy atom. The van der Waals surface area contributed by atoms with Gasteiger partial charge in [-0.1, -0.05) is 43.2 Å². The van der Waals surface area contributed by atoms with Gasteiger partial charge in [-0.3, -0.25) is 0 Å². The first-order valence-corrected chi connectivity index (χ1v) is 6.17. The van der Waals surface area contributed by atoms with Crippen molar-refractivity contribution in [3.63, 3.8) is 0 Å². The Balaban J connectivity index is 1.69. The number of benzene rings is 1. The predicted molar refractivity (Wildman–Crippen MR) is 64.2 cm³/mol. The van der Waals surface area contributed by atoms with Crippen molar-refractivity contribution in [1.82, 2.24) is 0 Å². The average Bonchev–Trinajstić information content (AvgIpc) is 2.83. The topological polar surface area (TPSA) is 29.5 Å². The smallest absolute Gasteiger partial charge is 0.102 e. The van der Waals surface area contributed by atoms with Gasteiger partial charge in [-0.15, -0.1) is 0 Å². The number of hydrogen-bond donors (Lipinski definition) is 1. The van der Waals surface area contributed by atoms with Gasteiger partial charge in [0.1, 0.15) is 6.10 Å². The van der Waals surface area contributed by atoms with Crippen LogP contribution in [0.4, 0.5) is 0 Å². The third kappa shape index (κ3) is 3.32. The Hall–Kier alpha value is -0.860. The van der Waals surface area contributed by atoms with Crippen LogP contribution in [0, 0.1) is 5.92 Å². The van der Waals surface area contributed by atoms with E-state index in [4.69, 9.17) is 4.74 Å². The molecule has 1 aliphatic rings. The first kappa shape index (κ1) is 11.6. The van der Waals surface area contributed by atoms with Gasteiger partial charge in [-0.05, 0) is 24.3 Å². The lowest BCUT2D eigenvalue weighted by molar-refractivity contribution is 0.0212. The van der Waals surface area contributed by atoms with Crippen LogP contribution in [0.15, 0.2) is 30.3 Å². The molecule has 1 aromatic rings. The van der Waals surface area contributed by atoms with Crippen molar-refractivity contribution in [2.75, 3.05) is 13.2 Å². The van der Waals surface area contributed by atoms with Crippen LogP contribution in [0.1, 0.15) is 37.4 Å². The van der Waals surface area contributed by atoms with E-state index < -0.39 is 6.10 Å². The Morgan fingerprint density at radius 2 is 1.88 bits per heavy atom. The molecule has 1 unspecified atom stereocenters. The van der Waals surface area contributed by atoms with Crippen LogP contribution in [-0.2, 0) is 4.74 Å². The zero-order valence-corrected chi connectivity index (χ0v) is 9.64. The SMILES string of the molecule is OC(COCC1CCCC1)c1ccccc1. The molecule has 0 bridgehead atoms. The Morgan fingerprint density at radius 3 is 2.56 bits per heavy atom. The summed E-state index contributed by atoms with van der Waals surface area (Å²) in [5.41, 5.74) is 0.939. The zero-order chi connectivity index (χ0) is 11.2. The van der Waals surface area contributed by atoms with Gasteiger partial charge >= 0.3 is 0 Å². The van der Waals surface area contributed by atoms with Crippen molar-refractivity contribution in [2.24, 2.45) is 5.92 Å². The van der Waals surface area contributed by atoms with Crippen LogP contribution >= 0.6 is 0 Å². The van der Waals surface area contributed by atoms with Gasteiger partial charge in [-0.25, -0.2) is 0 Å². The number of aliphatic hydroxyl groups excluding tert-OH is 1. The Labute approximate surface area is 97.3 Å². The van der Waals surface area contributed by atoms with Crippen molar-refractivity contribution in [1.29, 1.82) is 0 Å². The lowest BCUT2D eigenvalue weighted by Gasteiger charge is -2.14. The number of aliphatic hydroxyl groups is 1. The molecule has 0 aromatic heterocycles. The predicted octanol–water partition coefficient (Wildman–Crippen LogP) is 2.93. The lowest BCUT2D eigenvalue weighted by atomic mass is 10.1. The molecule has 16 heavy (non-hydrogen) atoms. The minimum atomic E-state index is -0.484. The van der Waals surface area contributed by atoms with Crippen molar-refractivity contribution in [3.05, 3.63) is 35.9 Å². The second kappa shape index (κ2) is 6.02. The summed E-state index contributed by atoms with van der Waals surface area (Å²) in [6, 6.07) is 9.70. The van der Waals surface area contributed by atoms with Gasteiger partial charge in [0, 0.05) is 6.61 Å². The molecule has 1 N–H and O–H groups in total. The largest absolute Gasteiger partial charge is 0.386 e. The molecule has 2 rings (SSSR count). The van der Waals surface area contributed by atoms with Gasteiger partial charge in [0.15, 0.2) is 0 Å². The van der Waals surface area contributed by atoms with Crippen LogP contribution in [-0.4, -0.2) is 18.3 Å². The number of ether oxygens (including phenoxy) is 1. The van der Waals surface area contributed by atoms with Gasteiger partial charge in [0.2, 0.25) is 0 Å². The molecule has 0 spiro atoms. The maximum Gasteiger partial charge on any atom is 0.102 e. The summed E-state index contributed by atoms with van der Waals surface area (Å²) < 4.78 is 5.58. The fourth-order valence-electron chi connectivity index (χ4n) is 2.29. The Bertz CT molecular complexity index is 291. The summed E-state index contributed by atoms with van der Waals surface area (Å²) in [6.45, 7) is 1.23. The fraction of sp³-hybridized carbons (Fsp3) is 0.571. The normalized spacial score (nSPS) is 18.8. The van der Waals surface area contributed by atoms with Crippen molar-refractivity contribution >= 4 is 0 Å². The molecular weight excluding hydrogens is 200 g/mol. The summed E-state index contributed by atoms with van der Waals surface area (Å²) in [4.78, 5) is 0. The first-order valence-electron chi connectivity index (χ1n) is 6.17. The minimum Gasteiger partial charge on any atom is -0.386 e. The molecule has 2 heteroatoms. The summed E-state index contributed by atoms with van der Waals surface area (Å²) >= 11 is 0. The monoisotopic (exact) mass is 220 g/mol. The highest BCUT2D eigenvalue weighted by atomic mass is 16.5. The molecule has 88 valence electrons. The number of hydrogen-bond acceptors (Lipinski definition) is 2. The third-order valence-corrected chi connectivity index (χ3v) is 3.29. The number of rotatable bonds is 5. The van der Waals surface area contributed by atoms with Crippen molar-refractivity contribution in [2.45, 2.75) is 31.8 Å². The molecule has 1 atom stereocenters. The maximum atomic E-state index is 9.87. The standard InChI is InChI=1S/C14H20O2/c15-14(13-8-2-1-3-9-13)11-16-10-12-6-4-5-7-12/h1-3,8-9,12,14-15H,4-7,10-11H2. The molecule has 1 fully saturated rings. The van der Waals surface area contributed by atoms with E-state index in [1.807, 2.05) is 30.3 Å². The van der Waals surface area contributed by atoms with E-state index in [-0.39, 0.29) is 0 Å². The highest BCUT2D eigenvalue weighted by Gasteiger charge is 2.15. The van der Waals surface area contributed by atoms with Crippen LogP contribution in [0.2, 0.25) is 0 Å². The molecular formula is C14H20O2. The summed E-state index contributed by atoms with van der Waals surface area (Å²) in [5, 5.41) is 9.87. The van der Waals surface area contributed by atoms with E-state index in [2.05, 4.69) is 0 Å². The molecule has 1 saturated carbocycles. The molecule has 0 radical (unpaired) electrons. The Kier molecular flexibility index (Phi) is 4.37.